The summed E-state index contributed by atoms with van der Waals surface area (Å²) in [5.41, 5.74) is 4.42. The second-order valence-electron chi connectivity index (χ2n) is 9.10. The predicted octanol–water partition coefficient (Wildman–Crippen LogP) is 6.68. The van der Waals surface area contributed by atoms with Gasteiger partial charge >= 0.3 is 0 Å². The summed E-state index contributed by atoms with van der Waals surface area (Å²) in [6, 6.07) is 27.1. The van der Waals surface area contributed by atoms with Crippen molar-refractivity contribution < 1.29 is 4.79 Å². The van der Waals surface area contributed by atoms with Crippen molar-refractivity contribution in [3.05, 3.63) is 107 Å². The number of benzene rings is 3. The quantitative estimate of drug-likeness (QED) is 0.325. The number of aromatic nitrogens is 1. The third-order valence-corrected chi connectivity index (χ3v) is 6.40. The lowest BCUT2D eigenvalue weighted by Gasteiger charge is -2.32. The van der Waals surface area contributed by atoms with E-state index in [0.29, 0.717) is 12.5 Å². The van der Waals surface area contributed by atoms with Crippen molar-refractivity contribution in [1.82, 2.24) is 9.47 Å². The third kappa shape index (κ3) is 4.77. The standard InChI is InChI=1S/C29H32N2O/c1-21(2)23(4)31(29(32)27-15-14-25-11-5-6-12-26(25)18-27)20-28-13-8-16-30(28)19-24-10-7-9-22(3)17-24/h5-18,21,23H,19-20H2,1-4H3/t23-/m1/s1. The lowest BCUT2D eigenvalue weighted by Crippen LogP contribution is -2.41. The summed E-state index contributed by atoms with van der Waals surface area (Å²) in [4.78, 5) is 15.7. The van der Waals surface area contributed by atoms with E-state index in [0.717, 1.165) is 28.6 Å². The van der Waals surface area contributed by atoms with Gasteiger partial charge in [0.05, 0.1) is 6.54 Å². The van der Waals surface area contributed by atoms with E-state index < -0.39 is 0 Å². The van der Waals surface area contributed by atoms with Gasteiger partial charge in [-0.3, -0.25) is 4.79 Å². The molecule has 3 heteroatoms. The maximum Gasteiger partial charge on any atom is 0.254 e. The zero-order valence-electron chi connectivity index (χ0n) is 19.5. The van der Waals surface area contributed by atoms with Crippen LogP contribution in [-0.2, 0) is 13.1 Å². The molecule has 0 saturated heterocycles. The van der Waals surface area contributed by atoms with Gasteiger partial charge in [0, 0.05) is 30.0 Å². The molecule has 4 rings (SSSR count). The molecule has 1 heterocycles. The number of amides is 1. The van der Waals surface area contributed by atoms with E-state index in [1.807, 2.05) is 35.2 Å². The molecule has 0 bridgehead atoms. The summed E-state index contributed by atoms with van der Waals surface area (Å²) in [5, 5.41) is 2.25. The highest BCUT2D eigenvalue weighted by Gasteiger charge is 2.25. The Morgan fingerprint density at radius 1 is 0.875 bits per heavy atom. The maximum atomic E-state index is 13.7. The molecule has 1 atom stereocenters. The van der Waals surface area contributed by atoms with Crippen LogP contribution >= 0.6 is 0 Å². The fourth-order valence-electron chi connectivity index (χ4n) is 4.18. The molecular formula is C29H32N2O. The molecular weight excluding hydrogens is 392 g/mol. The van der Waals surface area contributed by atoms with Gasteiger partial charge in [-0.2, -0.15) is 0 Å². The van der Waals surface area contributed by atoms with E-state index in [4.69, 9.17) is 0 Å². The van der Waals surface area contributed by atoms with Gasteiger partial charge < -0.3 is 9.47 Å². The average Bonchev–Trinajstić information content (AvgIpc) is 3.22. The topological polar surface area (TPSA) is 25.2 Å². The number of hydrogen-bond donors (Lipinski definition) is 0. The largest absolute Gasteiger partial charge is 0.345 e. The normalized spacial score (nSPS) is 12.3. The Kier molecular flexibility index (Phi) is 6.45. The van der Waals surface area contributed by atoms with Crippen LogP contribution in [-0.4, -0.2) is 21.4 Å². The SMILES string of the molecule is Cc1cccc(Cn2cccc2CN(C(=O)c2ccc3ccccc3c2)[C@H](C)C(C)C)c1. The number of fused-ring (bicyclic) bond motifs is 1. The first kappa shape index (κ1) is 21.9. The molecule has 0 saturated carbocycles. The molecule has 0 fully saturated rings. The van der Waals surface area contributed by atoms with Crippen LogP contribution in [0.5, 0.6) is 0 Å². The fraction of sp³-hybridized carbons (Fsp3) is 0.276. The molecule has 1 aromatic heterocycles. The summed E-state index contributed by atoms with van der Waals surface area (Å²) < 4.78 is 2.25. The molecule has 0 aliphatic heterocycles. The Hall–Kier alpha value is -3.33. The second-order valence-corrected chi connectivity index (χ2v) is 9.10. The predicted molar refractivity (Wildman–Crippen MR) is 133 cm³/mol. The molecule has 1 amide bonds. The minimum absolute atomic E-state index is 0.0836. The molecule has 0 unspecified atom stereocenters. The van der Waals surface area contributed by atoms with Crippen molar-refractivity contribution >= 4 is 16.7 Å². The minimum atomic E-state index is 0.0836. The van der Waals surface area contributed by atoms with Crippen molar-refractivity contribution in [1.29, 1.82) is 0 Å². The summed E-state index contributed by atoms with van der Waals surface area (Å²) in [6.45, 7) is 10.0. The first-order valence-electron chi connectivity index (χ1n) is 11.4. The molecule has 4 aromatic rings. The van der Waals surface area contributed by atoms with Crippen molar-refractivity contribution in [3.8, 4) is 0 Å². The Morgan fingerprint density at radius 2 is 1.66 bits per heavy atom. The van der Waals surface area contributed by atoms with Crippen molar-refractivity contribution in [2.75, 3.05) is 0 Å². The van der Waals surface area contributed by atoms with Gasteiger partial charge in [-0.25, -0.2) is 0 Å². The van der Waals surface area contributed by atoms with Crippen LogP contribution in [0.15, 0.2) is 85.1 Å². The third-order valence-electron chi connectivity index (χ3n) is 6.40. The van der Waals surface area contributed by atoms with Crippen molar-refractivity contribution in [2.45, 2.75) is 46.8 Å². The molecule has 0 aliphatic rings. The molecule has 0 aliphatic carbocycles. The minimum Gasteiger partial charge on any atom is -0.345 e. The van der Waals surface area contributed by atoms with Gasteiger partial charge in [-0.15, -0.1) is 0 Å². The average molecular weight is 425 g/mol. The molecule has 0 N–H and O–H groups in total. The van der Waals surface area contributed by atoms with E-state index in [1.165, 1.54) is 11.1 Å². The smallest absolute Gasteiger partial charge is 0.254 e. The van der Waals surface area contributed by atoms with Gasteiger partial charge in [0.25, 0.3) is 5.91 Å². The highest BCUT2D eigenvalue weighted by molar-refractivity contribution is 5.98. The second kappa shape index (κ2) is 9.44. The number of rotatable bonds is 7. The lowest BCUT2D eigenvalue weighted by molar-refractivity contribution is 0.0623. The first-order chi connectivity index (χ1) is 15.4. The number of carbonyl (C=O) groups is 1. The number of carbonyl (C=O) groups excluding carboxylic acids is 1. The molecule has 32 heavy (non-hydrogen) atoms. The lowest BCUT2D eigenvalue weighted by atomic mass is 10.0. The summed E-state index contributed by atoms with van der Waals surface area (Å²) in [7, 11) is 0. The van der Waals surface area contributed by atoms with E-state index in [2.05, 4.69) is 87.0 Å². The summed E-state index contributed by atoms with van der Waals surface area (Å²) in [6.07, 6.45) is 2.11. The van der Waals surface area contributed by atoms with Crippen LogP contribution in [0.4, 0.5) is 0 Å². The Balaban J connectivity index is 1.63. The van der Waals surface area contributed by atoms with Crippen molar-refractivity contribution in [2.24, 2.45) is 5.92 Å². The zero-order chi connectivity index (χ0) is 22.7. The van der Waals surface area contributed by atoms with Gasteiger partial charge in [-0.1, -0.05) is 74.0 Å². The molecule has 3 nitrogen and oxygen atoms in total. The van der Waals surface area contributed by atoms with Crippen LogP contribution < -0.4 is 0 Å². The Bertz CT molecular complexity index is 1220. The van der Waals surface area contributed by atoms with Gasteiger partial charge in [0.1, 0.15) is 0 Å². The molecule has 3 aromatic carbocycles. The number of nitrogens with zero attached hydrogens (tertiary/aromatic N) is 2. The highest BCUT2D eigenvalue weighted by atomic mass is 16.2. The Morgan fingerprint density at radius 3 is 2.41 bits per heavy atom. The van der Waals surface area contributed by atoms with Crippen LogP contribution in [0.25, 0.3) is 10.8 Å². The summed E-state index contributed by atoms with van der Waals surface area (Å²) >= 11 is 0. The molecule has 164 valence electrons. The monoisotopic (exact) mass is 424 g/mol. The van der Waals surface area contributed by atoms with Gasteiger partial charge in [0.2, 0.25) is 0 Å². The van der Waals surface area contributed by atoms with E-state index in [-0.39, 0.29) is 11.9 Å². The first-order valence-corrected chi connectivity index (χ1v) is 11.4. The van der Waals surface area contributed by atoms with Gasteiger partial charge in [0.15, 0.2) is 0 Å². The number of aryl methyl sites for hydroxylation is 1. The van der Waals surface area contributed by atoms with Gasteiger partial charge in [-0.05, 0) is 60.4 Å². The van der Waals surface area contributed by atoms with E-state index >= 15 is 0 Å². The zero-order valence-corrected chi connectivity index (χ0v) is 19.5. The van der Waals surface area contributed by atoms with Crippen LogP contribution in [0.3, 0.4) is 0 Å². The van der Waals surface area contributed by atoms with Crippen LogP contribution in [0, 0.1) is 12.8 Å². The fourth-order valence-corrected chi connectivity index (χ4v) is 4.18. The van der Waals surface area contributed by atoms with E-state index in [9.17, 15) is 4.79 Å². The molecule has 0 spiro atoms. The van der Waals surface area contributed by atoms with E-state index in [1.54, 1.807) is 0 Å². The van der Waals surface area contributed by atoms with Crippen molar-refractivity contribution in [3.63, 3.8) is 0 Å². The summed E-state index contributed by atoms with van der Waals surface area (Å²) in [5.74, 6) is 0.444. The van der Waals surface area contributed by atoms with Crippen LogP contribution in [0.2, 0.25) is 0 Å². The van der Waals surface area contributed by atoms with Crippen LogP contribution in [0.1, 0.15) is 48.0 Å². The molecule has 0 radical (unpaired) electrons. The Labute approximate surface area is 191 Å². The highest BCUT2D eigenvalue weighted by Crippen LogP contribution is 2.22. The maximum absolute atomic E-state index is 13.7. The number of hydrogen-bond acceptors (Lipinski definition) is 1.